The maximum Gasteiger partial charge on any atom is 0.311 e. The smallest absolute Gasteiger partial charge is 0.311 e. The molecule has 0 radical (unpaired) electrons. The fourth-order valence-electron chi connectivity index (χ4n) is 10.2. The molecule has 3 N–H and O–H groups in total. The van der Waals surface area contributed by atoms with E-state index < -0.39 is 89.9 Å². The molecule has 5 aliphatic rings. The third-order valence-corrected chi connectivity index (χ3v) is 13.7. The second-order valence-corrected chi connectivity index (χ2v) is 19.2. The number of hydrogen-bond donors (Lipinski definition) is 3. The number of nitrogens with one attached hydrogen (secondary N) is 1. The Balaban J connectivity index is 1.59. The number of carbonyl (C=O) groups is 1. The number of methoxy groups -OCH3 is 1. The van der Waals surface area contributed by atoms with E-state index in [0.29, 0.717) is 38.8 Å². The van der Waals surface area contributed by atoms with Crippen molar-refractivity contribution < 1.29 is 57.6 Å². The fourth-order valence-corrected chi connectivity index (χ4v) is 10.2. The monoisotopic (exact) mass is 863 g/mol. The summed E-state index contributed by atoms with van der Waals surface area (Å²) >= 11 is 0. The molecule has 2 bridgehead atoms. The Morgan fingerprint density at radius 1 is 0.967 bits per heavy atom. The first-order valence-electron chi connectivity index (χ1n) is 22.5. The van der Waals surface area contributed by atoms with Gasteiger partial charge in [0.1, 0.15) is 30.0 Å². The van der Waals surface area contributed by atoms with Crippen molar-refractivity contribution in [1.82, 2.24) is 10.2 Å². The number of ether oxygens (including phenoxy) is 9. The van der Waals surface area contributed by atoms with Crippen molar-refractivity contribution in [3.8, 4) is 0 Å². The fraction of sp³-hybridized carbons (Fsp3) is 0.809. The maximum absolute atomic E-state index is 14.7. The summed E-state index contributed by atoms with van der Waals surface area (Å²) in [6.45, 7) is 20.4. The molecule has 14 heteroatoms. The highest BCUT2D eigenvalue weighted by atomic mass is 16.7. The predicted molar refractivity (Wildman–Crippen MR) is 230 cm³/mol. The maximum atomic E-state index is 14.7. The molecule has 14 nitrogen and oxygen atoms in total. The Kier molecular flexibility index (Phi) is 17.3. The van der Waals surface area contributed by atoms with Gasteiger partial charge in [-0.1, -0.05) is 51.1 Å². The summed E-state index contributed by atoms with van der Waals surface area (Å²) in [5.74, 6) is -2.02. The third-order valence-electron chi connectivity index (χ3n) is 13.7. The number of aliphatic hydroxyl groups is 2. The molecule has 5 aliphatic heterocycles. The summed E-state index contributed by atoms with van der Waals surface area (Å²) < 4.78 is 59.5. The van der Waals surface area contributed by atoms with Gasteiger partial charge in [0.2, 0.25) is 0 Å². The molecular formula is C47H78N2O12. The summed E-state index contributed by atoms with van der Waals surface area (Å²) in [5, 5.41) is 27.7. The largest absolute Gasteiger partial charge is 0.493 e. The van der Waals surface area contributed by atoms with Gasteiger partial charge in [-0.05, 0) is 106 Å². The molecular weight excluding hydrogens is 785 g/mol. The Hall–Kier alpha value is -2.21. The topological polar surface area (TPSA) is 156 Å². The minimum atomic E-state index is -1.59. The van der Waals surface area contributed by atoms with Gasteiger partial charge in [-0.15, -0.1) is 0 Å². The second-order valence-electron chi connectivity index (χ2n) is 19.2. The molecule has 348 valence electrons. The van der Waals surface area contributed by atoms with Crippen molar-refractivity contribution in [2.24, 2.45) is 17.8 Å². The average Bonchev–Trinajstić information content (AvgIpc) is 3.20. The van der Waals surface area contributed by atoms with Crippen LogP contribution in [0.15, 0.2) is 42.7 Å². The Bertz CT molecular complexity index is 1550. The second kappa shape index (κ2) is 21.2. The van der Waals surface area contributed by atoms with E-state index in [0.717, 1.165) is 5.56 Å². The molecule has 1 aromatic carbocycles. The van der Waals surface area contributed by atoms with Crippen LogP contribution in [0.1, 0.15) is 100 Å². The van der Waals surface area contributed by atoms with Crippen LogP contribution in [0.4, 0.5) is 0 Å². The van der Waals surface area contributed by atoms with E-state index >= 15 is 0 Å². The molecule has 0 amide bonds. The summed E-state index contributed by atoms with van der Waals surface area (Å²) in [4.78, 5) is 16.7. The summed E-state index contributed by atoms with van der Waals surface area (Å²) in [5.41, 5.74) is -2.41. The van der Waals surface area contributed by atoms with Gasteiger partial charge < -0.3 is 63.1 Å². The van der Waals surface area contributed by atoms with Gasteiger partial charge in [-0.25, -0.2) is 0 Å². The van der Waals surface area contributed by atoms with E-state index in [1.54, 1.807) is 33.3 Å². The van der Waals surface area contributed by atoms with Gasteiger partial charge in [0.05, 0.1) is 61.0 Å². The van der Waals surface area contributed by atoms with Gasteiger partial charge in [-0.2, -0.15) is 0 Å². The van der Waals surface area contributed by atoms with Crippen molar-refractivity contribution in [2.75, 3.05) is 34.4 Å². The van der Waals surface area contributed by atoms with Crippen LogP contribution in [0.5, 0.6) is 0 Å². The SMILES string of the molecule is CC[C@H]1OC(=O)C(C)C(O[C@H]2C[C@@](C)(OC)[C@@H](OCc3ccccc3)[C@H](C)O2)[C@H](C)[C@@H](O[C@@H]2O[C@H](C)C[C@H](N(C)C)[C@H]2O)[C@@]2(C)C[C@@H](C)CN[C@H](C)[C@H](O/C=C/CO2)[C@]1(C)O. The number of carbonyl (C=O) groups excluding carboxylic acids is 1. The summed E-state index contributed by atoms with van der Waals surface area (Å²) in [6, 6.07) is 9.41. The number of esters is 1. The van der Waals surface area contributed by atoms with Crippen molar-refractivity contribution in [1.29, 1.82) is 0 Å². The Morgan fingerprint density at radius 2 is 1.67 bits per heavy atom. The van der Waals surface area contributed by atoms with Gasteiger partial charge >= 0.3 is 5.97 Å². The molecule has 61 heavy (non-hydrogen) atoms. The average molecular weight is 863 g/mol. The number of rotatable bonds is 10. The van der Waals surface area contributed by atoms with Crippen LogP contribution in [-0.4, -0.2) is 146 Å². The van der Waals surface area contributed by atoms with Crippen molar-refractivity contribution in [2.45, 2.75) is 192 Å². The first-order chi connectivity index (χ1) is 28.7. The Labute approximate surface area is 365 Å². The van der Waals surface area contributed by atoms with Crippen LogP contribution in [0.2, 0.25) is 0 Å². The van der Waals surface area contributed by atoms with E-state index in [2.05, 4.69) is 12.2 Å². The molecule has 0 aromatic heterocycles. The molecule has 18 atom stereocenters. The zero-order chi connectivity index (χ0) is 44.9. The summed E-state index contributed by atoms with van der Waals surface area (Å²) in [7, 11) is 5.54. The molecule has 0 saturated carbocycles. The molecule has 1 aromatic rings. The minimum absolute atomic E-state index is 0.0323. The van der Waals surface area contributed by atoms with Crippen molar-refractivity contribution in [3.63, 3.8) is 0 Å². The number of nitrogens with zero attached hydrogens (tertiary/aromatic N) is 1. The van der Waals surface area contributed by atoms with Gasteiger partial charge in [-0.3, -0.25) is 4.79 Å². The molecule has 3 saturated heterocycles. The van der Waals surface area contributed by atoms with Crippen LogP contribution in [0.25, 0.3) is 0 Å². The zero-order valence-corrected chi connectivity index (χ0v) is 39.1. The number of hydrogen-bond acceptors (Lipinski definition) is 14. The molecule has 0 aliphatic carbocycles. The number of likely N-dealkylation sites (N-methyl/N-ethyl adjacent to an activating group) is 1. The van der Waals surface area contributed by atoms with E-state index in [1.165, 1.54) is 0 Å². The molecule has 6 rings (SSSR count). The lowest BCUT2D eigenvalue weighted by molar-refractivity contribution is -0.323. The normalized spacial score (nSPS) is 45.0. The van der Waals surface area contributed by atoms with Crippen LogP contribution in [0.3, 0.4) is 0 Å². The number of aliphatic hydroxyl groups excluding tert-OH is 1. The van der Waals surface area contributed by atoms with Gasteiger partial charge in [0.15, 0.2) is 12.6 Å². The third kappa shape index (κ3) is 11.7. The zero-order valence-electron chi connectivity index (χ0n) is 39.1. The highest BCUT2D eigenvalue weighted by Crippen LogP contribution is 2.42. The van der Waals surface area contributed by atoms with Gasteiger partial charge in [0.25, 0.3) is 0 Å². The van der Waals surface area contributed by atoms with E-state index in [-0.39, 0.29) is 30.7 Å². The number of benzene rings is 1. The molecule has 3 fully saturated rings. The highest BCUT2D eigenvalue weighted by molar-refractivity contribution is 5.73. The van der Waals surface area contributed by atoms with Crippen LogP contribution in [0, 0.1) is 17.8 Å². The standard InChI is InChI=1S/C47H78N2O12/c1-14-36-47(10,52)41-32(6)48-26-28(2)24-46(9,56-22-18-21-54-41)40(61-44-38(50)35(49(11)12)23-29(3)57-44)30(4)39(31(5)43(51)59-36)60-37-25-45(8,53-13)42(33(7)58-37)55-27-34-19-16-15-17-20-34/h15-21,28-33,35-42,44,48,50,52H,14,22-27H2,1-13H3/b21-18+/t28-,29-,30+,31?,32-,33+,35+,36-,37+,38-,39?,40-,41+,42+,44+,45-,46-,47-/m1/s1. The van der Waals surface area contributed by atoms with Crippen molar-refractivity contribution >= 4 is 5.97 Å². The highest BCUT2D eigenvalue weighted by Gasteiger charge is 2.54. The molecule has 5 heterocycles. The first kappa shape index (κ1) is 49.8. The lowest BCUT2D eigenvalue weighted by atomic mass is 9.77. The molecule has 0 spiro atoms. The molecule has 2 unspecified atom stereocenters. The quantitative estimate of drug-likeness (QED) is 0.259. The first-order valence-corrected chi connectivity index (χ1v) is 22.5. The van der Waals surface area contributed by atoms with Crippen molar-refractivity contribution in [3.05, 3.63) is 48.2 Å². The lowest BCUT2D eigenvalue weighted by Crippen LogP contribution is -2.61. The van der Waals surface area contributed by atoms with Gasteiger partial charge in [0, 0.05) is 31.5 Å². The van der Waals surface area contributed by atoms with E-state index in [9.17, 15) is 15.0 Å². The summed E-state index contributed by atoms with van der Waals surface area (Å²) in [6.07, 6.45) is -2.25. The van der Waals surface area contributed by atoms with E-state index in [1.807, 2.05) is 97.8 Å². The number of fused-ring (bicyclic) bond motifs is 14. The Morgan fingerprint density at radius 3 is 2.33 bits per heavy atom. The lowest BCUT2D eigenvalue weighted by Gasteiger charge is -2.50. The van der Waals surface area contributed by atoms with Crippen LogP contribution in [-0.2, 0) is 54.0 Å². The minimum Gasteiger partial charge on any atom is -0.493 e. The van der Waals surface area contributed by atoms with Crippen LogP contribution >= 0.6 is 0 Å². The van der Waals surface area contributed by atoms with E-state index in [4.69, 9.17) is 42.6 Å². The predicted octanol–water partition coefficient (Wildman–Crippen LogP) is 5.36. The van der Waals surface area contributed by atoms with Crippen LogP contribution < -0.4 is 5.32 Å².